The van der Waals surface area contributed by atoms with Crippen molar-refractivity contribution in [3.8, 4) is 0 Å². The van der Waals surface area contributed by atoms with Crippen LogP contribution in [0.1, 0.15) is 13.3 Å². The molecular formula is C7H22O4P2. The first-order valence-electron chi connectivity index (χ1n) is 4.26. The van der Waals surface area contributed by atoms with E-state index in [1.165, 1.54) is 0 Å². The molecule has 6 heteroatoms. The molecule has 0 unspecified atom stereocenters. The molecule has 0 spiro atoms. The summed E-state index contributed by atoms with van der Waals surface area (Å²) in [5.74, 6) is 0. The summed E-state index contributed by atoms with van der Waals surface area (Å²) in [6.07, 6.45) is 0.616. The monoisotopic (exact) mass is 232 g/mol. The predicted octanol–water partition coefficient (Wildman–Crippen LogP) is 1.76. The second-order valence-electron chi connectivity index (χ2n) is 4.32. The van der Waals surface area contributed by atoms with Crippen LogP contribution < -0.4 is 0 Å². The first-order valence-corrected chi connectivity index (χ1v) is 9.79. The molecule has 0 rings (SSSR count). The molecule has 0 aliphatic rings. The molecule has 84 valence electrons. The molecule has 0 fully saturated rings. The molecule has 0 radical (unpaired) electrons. The van der Waals surface area contributed by atoms with E-state index in [0.717, 1.165) is 0 Å². The molecule has 2 N–H and O–H groups in total. The van der Waals surface area contributed by atoms with Crippen LogP contribution in [0.15, 0.2) is 0 Å². The Morgan fingerprint density at radius 1 is 1.23 bits per heavy atom. The van der Waals surface area contributed by atoms with Gasteiger partial charge in [-0.25, -0.2) is 4.57 Å². The van der Waals surface area contributed by atoms with E-state index < -0.39 is 15.1 Å². The summed E-state index contributed by atoms with van der Waals surface area (Å²) < 4.78 is 13.9. The molecule has 0 amide bonds. The molecule has 0 heterocycles. The zero-order valence-electron chi connectivity index (χ0n) is 9.07. The van der Waals surface area contributed by atoms with Crippen LogP contribution in [0.2, 0.25) is 0 Å². The Bertz CT molecular complexity index is 152. The molecule has 0 bridgehead atoms. The quantitative estimate of drug-likeness (QED) is 0.727. The number of hydrogen-bond donors (Lipinski definition) is 2. The summed E-state index contributed by atoms with van der Waals surface area (Å²) in [6.45, 7) is 11.2. The number of phosphoric acid groups is 1. The molecule has 4 nitrogen and oxygen atoms in total. The predicted molar refractivity (Wildman–Crippen MR) is 60.3 cm³/mol. The van der Waals surface area contributed by atoms with Crippen molar-refractivity contribution in [3.63, 3.8) is 0 Å². The van der Waals surface area contributed by atoms with E-state index in [1.807, 2.05) is 0 Å². The Balaban J connectivity index is 0. The Morgan fingerprint density at radius 3 is 1.62 bits per heavy atom. The average Bonchev–Trinajstić information content (AvgIpc) is 1.77. The second-order valence-corrected chi connectivity index (χ2v) is 11.6. The third-order valence-corrected chi connectivity index (χ3v) is 0.983. The van der Waals surface area contributed by atoms with Crippen LogP contribution >= 0.6 is 15.1 Å². The van der Waals surface area contributed by atoms with Crippen molar-refractivity contribution in [1.29, 1.82) is 0 Å². The van der Waals surface area contributed by atoms with Gasteiger partial charge in [0.15, 0.2) is 0 Å². The van der Waals surface area contributed by atoms with Crippen molar-refractivity contribution >= 4 is 15.1 Å². The van der Waals surface area contributed by atoms with Gasteiger partial charge in [-0.1, -0.05) is 6.92 Å². The van der Waals surface area contributed by atoms with Gasteiger partial charge in [0.25, 0.3) is 0 Å². The average molecular weight is 232 g/mol. The van der Waals surface area contributed by atoms with Crippen molar-refractivity contribution < 1.29 is 18.9 Å². The van der Waals surface area contributed by atoms with Crippen LogP contribution in [0.5, 0.6) is 0 Å². The van der Waals surface area contributed by atoms with E-state index in [0.29, 0.717) is 6.42 Å². The van der Waals surface area contributed by atoms with Crippen molar-refractivity contribution in [2.75, 3.05) is 33.3 Å². The fraction of sp³-hybridized carbons (Fsp3) is 1.00. The van der Waals surface area contributed by atoms with E-state index in [-0.39, 0.29) is 6.61 Å². The second kappa shape index (κ2) is 6.92. The van der Waals surface area contributed by atoms with Gasteiger partial charge in [-0.05, 0) is 6.42 Å². The molecule has 0 aromatic heterocycles. The van der Waals surface area contributed by atoms with Gasteiger partial charge >= 0.3 is 41.7 Å². The van der Waals surface area contributed by atoms with Crippen LogP contribution in [0.25, 0.3) is 0 Å². The van der Waals surface area contributed by atoms with Gasteiger partial charge in [-0.3, -0.25) is 4.52 Å². The zero-order valence-corrected chi connectivity index (χ0v) is 11.0. The van der Waals surface area contributed by atoms with Gasteiger partial charge in [-0.2, -0.15) is 0 Å². The van der Waals surface area contributed by atoms with Crippen LogP contribution in [-0.4, -0.2) is 43.1 Å². The van der Waals surface area contributed by atoms with Crippen molar-refractivity contribution in [2.24, 2.45) is 0 Å². The Kier molecular flexibility index (Phi) is 8.50. The summed E-state index contributed by atoms with van der Waals surface area (Å²) in [6, 6.07) is 0. The fourth-order valence-electron chi connectivity index (χ4n) is 0.210. The van der Waals surface area contributed by atoms with Gasteiger partial charge in [0.05, 0.1) is 6.61 Å². The van der Waals surface area contributed by atoms with Crippen molar-refractivity contribution in [1.82, 2.24) is 0 Å². The number of phosphoric ester groups is 1. The van der Waals surface area contributed by atoms with Crippen LogP contribution in [0.4, 0.5) is 0 Å². The van der Waals surface area contributed by atoms with E-state index in [9.17, 15) is 4.57 Å². The standard InChI is InChI=1S/C4H13P.C3H9O4P/c1-5(2,3)4;1-2-3-7-8(4,5)6/h5H,1-4H3;2-3H2,1H3,(H2,4,5,6). The molecule has 0 aliphatic heterocycles. The maximum absolute atomic E-state index is 9.86. The molecule has 0 saturated heterocycles. The Labute approximate surface area is 81.3 Å². The molecule has 0 aliphatic carbocycles. The summed E-state index contributed by atoms with van der Waals surface area (Å²) in [5.41, 5.74) is 0. The number of hydrogen-bond acceptors (Lipinski definition) is 2. The molecule has 0 saturated carbocycles. The SMILES string of the molecule is CCCOP(=O)(O)O.C[PH](C)(C)C. The summed E-state index contributed by atoms with van der Waals surface area (Å²) >= 11 is 0. The summed E-state index contributed by atoms with van der Waals surface area (Å²) in [7, 11) is -4.79. The van der Waals surface area contributed by atoms with Crippen LogP contribution in [0.3, 0.4) is 0 Å². The van der Waals surface area contributed by atoms with Crippen LogP contribution in [-0.2, 0) is 9.09 Å². The Morgan fingerprint density at radius 2 is 1.54 bits per heavy atom. The van der Waals surface area contributed by atoms with E-state index >= 15 is 0 Å². The molecule has 13 heavy (non-hydrogen) atoms. The molecule has 0 aromatic rings. The van der Waals surface area contributed by atoms with E-state index in [4.69, 9.17) is 9.79 Å². The normalized spacial score (nSPS) is 13.2. The minimum atomic E-state index is -4.18. The van der Waals surface area contributed by atoms with Gasteiger partial charge in [0.1, 0.15) is 0 Å². The fourth-order valence-corrected chi connectivity index (χ4v) is 0.631. The first kappa shape index (κ1) is 16.0. The summed E-state index contributed by atoms with van der Waals surface area (Å²) in [5, 5.41) is 0. The van der Waals surface area contributed by atoms with Gasteiger partial charge in [0, 0.05) is 0 Å². The topological polar surface area (TPSA) is 66.8 Å². The van der Waals surface area contributed by atoms with Crippen molar-refractivity contribution in [2.45, 2.75) is 13.3 Å². The third kappa shape index (κ3) is 45.4. The Hall–Kier alpha value is 0.540. The van der Waals surface area contributed by atoms with E-state index in [2.05, 4.69) is 31.2 Å². The zero-order chi connectivity index (χ0) is 11.1. The summed E-state index contributed by atoms with van der Waals surface area (Å²) in [4.78, 5) is 16.1. The van der Waals surface area contributed by atoms with Gasteiger partial charge < -0.3 is 9.79 Å². The van der Waals surface area contributed by atoms with Crippen LogP contribution in [0, 0.1) is 0 Å². The first-order chi connectivity index (χ1) is 5.56. The van der Waals surface area contributed by atoms with Crippen molar-refractivity contribution in [3.05, 3.63) is 0 Å². The van der Waals surface area contributed by atoms with Gasteiger partial charge in [0.2, 0.25) is 0 Å². The van der Waals surface area contributed by atoms with E-state index in [1.54, 1.807) is 6.92 Å². The van der Waals surface area contributed by atoms with Gasteiger partial charge in [-0.15, -0.1) is 0 Å². The maximum atomic E-state index is 9.86. The molecular weight excluding hydrogens is 210 g/mol. The molecule has 0 atom stereocenters. The number of rotatable bonds is 3. The molecule has 0 aromatic carbocycles. The minimum absolute atomic E-state index is 0.115. The third-order valence-electron chi connectivity index (χ3n) is 0.464.